The van der Waals surface area contributed by atoms with Crippen molar-refractivity contribution in [3.05, 3.63) is 35.6 Å². The van der Waals surface area contributed by atoms with Gasteiger partial charge in [-0.1, -0.05) is 18.2 Å². The van der Waals surface area contributed by atoms with Gasteiger partial charge in [-0.25, -0.2) is 4.39 Å². The van der Waals surface area contributed by atoms with Gasteiger partial charge in [-0.15, -0.1) is 0 Å². The SMILES string of the molecule is O=C(CC1CCCN1)OCc1ccccc1F. The Hall–Kier alpha value is -1.42. The summed E-state index contributed by atoms with van der Waals surface area (Å²) in [4.78, 5) is 11.5. The molecular weight excluding hydrogens is 221 g/mol. The van der Waals surface area contributed by atoms with Crippen LogP contribution < -0.4 is 5.32 Å². The smallest absolute Gasteiger partial charge is 0.307 e. The van der Waals surface area contributed by atoms with Crippen molar-refractivity contribution in [3.8, 4) is 0 Å². The van der Waals surface area contributed by atoms with Gasteiger partial charge in [0.25, 0.3) is 0 Å². The van der Waals surface area contributed by atoms with Crippen molar-refractivity contribution >= 4 is 5.97 Å². The van der Waals surface area contributed by atoms with E-state index in [1.54, 1.807) is 18.2 Å². The molecule has 1 N–H and O–H groups in total. The fourth-order valence-corrected chi connectivity index (χ4v) is 1.96. The predicted molar refractivity (Wildman–Crippen MR) is 61.8 cm³/mol. The molecule has 0 amide bonds. The average molecular weight is 237 g/mol. The van der Waals surface area contributed by atoms with Crippen LogP contribution in [0.5, 0.6) is 0 Å². The normalized spacial score (nSPS) is 19.2. The van der Waals surface area contributed by atoms with Crippen molar-refractivity contribution in [2.75, 3.05) is 6.54 Å². The topological polar surface area (TPSA) is 38.3 Å². The molecule has 1 aliphatic heterocycles. The molecule has 1 heterocycles. The number of rotatable bonds is 4. The van der Waals surface area contributed by atoms with Gasteiger partial charge in [0.15, 0.2) is 0 Å². The first-order valence-electron chi connectivity index (χ1n) is 5.88. The molecule has 0 bridgehead atoms. The lowest BCUT2D eigenvalue weighted by molar-refractivity contribution is -0.145. The molecule has 1 aromatic rings. The number of nitrogens with one attached hydrogen (secondary N) is 1. The van der Waals surface area contributed by atoms with Crippen LogP contribution in [0.2, 0.25) is 0 Å². The summed E-state index contributed by atoms with van der Waals surface area (Å²) in [6.07, 6.45) is 2.48. The van der Waals surface area contributed by atoms with Crippen LogP contribution >= 0.6 is 0 Å². The molecule has 1 atom stereocenters. The minimum atomic E-state index is -0.334. The first kappa shape index (κ1) is 12.0. The highest BCUT2D eigenvalue weighted by Gasteiger charge is 2.18. The molecule has 17 heavy (non-hydrogen) atoms. The summed E-state index contributed by atoms with van der Waals surface area (Å²) in [6, 6.07) is 6.55. The first-order chi connectivity index (χ1) is 8.25. The van der Waals surface area contributed by atoms with Gasteiger partial charge in [0.05, 0.1) is 6.42 Å². The lowest BCUT2D eigenvalue weighted by Crippen LogP contribution is -2.25. The fraction of sp³-hybridized carbons (Fsp3) is 0.462. The first-order valence-corrected chi connectivity index (χ1v) is 5.88. The number of esters is 1. The molecule has 0 aromatic heterocycles. The van der Waals surface area contributed by atoms with E-state index in [1.165, 1.54) is 6.07 Å². The Balaban J connectivity index is 1.77. The van der Waals surface area contributed by atoms with Gasteiger partial charge in [0.1, 0.15) is 12.4 Å². The molecule has 2 rings (SSSR count). The highest BCUT2D eigenvalue weighted by atomic mass is 19.1. The number of carbonyl (C=O) groups excluding carboxylic acids is 1. The van der Waals surface area contributed by atoms with Gasteiger partial charge >= 0.3 is 5.97 Å². The predicted octanol–water partition coefficient (Wildman–Crippen LogP) is 2.01. The van der Waals surface area contributed by atoms with Crippen LogP contribution in [0.3, 0.4) is 0 Å². The van der Waals surface area contributed by atoms with E-state index in [0.29, 0.717) is 12.0 Å². The Labute approximate surface area is 100.0 Å². The van der Waals surface area contributed by atoms with Crippen LogP contribution in [0.15, 0.2) is 24.3 Å². The van der Waals surface area contributed by atoms with Crippen molar-refractivity contribution in [2.24, 2.45) is 0 Å². The summed E-state index contributed by atoms with van der Waals surface area (Å²) in [5.41, 5.74) is 0.417. The third-order valence-corrected chi connectivity index (χ3v) is 2.92. The minimum Gasteiger partial charge on any atom is -0.461 e. The Kier molecular flexibility index (Phi) is 4.09. The van der Waals surface area contributed by atoms with E-state index >= 15 is 0 Å². The van der Waals surface area contributed by atoms with Crippen LogP contribution in [-0.4, -0.2) is 18.6 Å². The van der Waals surface area contributed by atoms with Crippen molar-refractivity contribution < 1.29 is 13.9 Å². The molecule has 0 radical (unpaired) electrons. The van der Waals surface area contributed by atoms with Crippen molar-refractivity contribution in [1.82, 2.24) is 5.32 Å². The summed E-state index contributed by atoms with van der Waals surface area (Å²) in [5, 5.41) is 3.22. The molecule has 1 aromatic carbocycles. The molecule has 4 heteroatoms. The van der Waals surface area contributed by atoms with Gasteiger partial charge < -0.3 is 10.1 Å². The summed E-state index contributed by atoms with van der Waals surface area (Å²) in [7, 11) is 0. The third-order valence-electron chi connectivity index (χ3n) is 2.92. The molecule has 1 saturated heterocycles. The molecule has 0 spiro atoms. The van der Waals surface area contributed by atoms with E-state index in [1.807, 2.05) is 0 Å². The molecule has 1 fully saturated rings. The number of ether oxygens (including phenoxy) is 1. The molecular formula is C13H16FNO2. The zero-order valence-electron chi connectivity index (χ0n) is 9.62. The summed E-state index contributed by atoms with van der Waals surface area (Å²) in [5.74, 6) is -0.605. The highest BCUT2D eigenvalue weighted by molar-refractivity contribution is 5.70. The Morgan fingerprint density at radius 2 is 2.29 bits per heavy atom. The van der Waals surface area contributed by atoms with Crippen molar-refractivity contribution in [1.29, 1.82) is 0 Å². The second kappa shape index (κ2) is 5.77. The number of hydrogen-bond acceptors (Lipinski definition) is 3. The molecule has 1 aliphatic rings. The van der Waals surface area contributed by atoms with Crippen LogP contribution in [0, 0.1) is 5.82 Å². The van der Waals surface area contributed by atoms with E-state index in [9.17, 15) is 9.18 Å². The second-order valence-electron chi connectivity index (χ2n) is 4.25. The van der Waals surface area contributed by atoms with Crippen LogP contribution in [-0.2, 0) is 16.1 Å². The lowest BCUT2D eigenvalue weighted by atomic mass is 10.1. The molecule has 92 valence electrons. The van der Waals surface area contributed by atoms with E-state index in [4.69, 9.17) is 4.74 Å². The maximum atomic E-state index is 13.2. The monoisotopic (exact) mass is 237 g/mol. The third kappa shape index (κ3) is 3.53. The summed E-state index contributed by atoms with van der Waals surface area (Å²) >= 11 is 0. The summed E-state index contributed by atoms with van der Waals surface area (Å²) in [6.45, 7) is 0.976. The van der Waals surface area contributed by atoms with Gasteiger partial charge in [-0.05, 0) is 25.5 Å². The second-order valence-corrected chi connectivity index (χ2v) is 4.25. The van der Waals surface area contributed by atoms with E-state index < -0.39 is 0 Å². The fourth-order valence-electron chi connectivity index (χ4n) is 1.96. The van der Waals surface area contributed by atoms with E-state index in [2.05, 4.69) is 5.32 Å². The molecule has 1 unspecified atom stereocenters. The average Bonchev–Trinajstić information content (AvgIpc) is 2.81. The van der Waals surface area contributed by atoms with Crippen molar-refractivity contribution in [3.63, 3.8) is 0 Å². The lowest BCUT2D eigenvalue weighted by Gasteiger charge is -2.10. The maximum Gasteiger partial charge on any atom is 0.307 e. The number of carbonyl (C=O) groups is 1. The van der Waals surface area contributed by atoms with Gasteiger partial charge in [0.2, 0.25) is 0 Å². The number of benzene rings is 1. The molecule has 0 aliphatic carbocycles. The van der Waals surface area contributed by atoms with Gasteiger partial charge in [0, 0.05) is 11.6 Å². The van der Waals surface area contributed by atoms with E-state index in [-0.39, 0.29) is 24.4 Å². The van der Waals surface area contributed by atoms with Crippen LogP contribution in [0.25, 0.3) is 0 Å². The number of halogens is 1. The Morgan fingerprint density at radius 3 is 3.00 bits per heavy atom. The van der Waals surface area contributed by atoms with Crippen LogP contribution in [0.1, 0.15) is 24.8 Å². The zero-order chi connectivity index (χ0) is 12.1. The quantitative estimate of drug-likeness (QED) is 0.814. The van der Waals surface area contributed by atoms with Crippen molar-refractivity contribution in [2.45, 2.75) is 31.9 Å². The molecule has 0 saturated carbocycles. The minimum absolute atomic E-state index is 0.0121. The number of hydrogen-bond donors (Lipinski definition) is 1. The largest absolute Gasteiger partial charge is 0.461 e. The standard InChI is InChI=1S/C13H16FNO2/c14-12-6-2-1-4-10(12)9-17-13(16)8-11-5-3-7-15-11/h1-2,4,6,11,15H,3,5,7-9H2. The summed E-state index contributed by atoms with van der Waals surface area (Å²) < 4.78 is 18.3. The highest BCUT2D eigenvalue weighted by Crippen LogP contribution is 2.11. The van der Waals surface area contributed by atoms with E-state index in [0.717, 1.165) is 19.4 Å². The molecule has 3 nitrogen and oxygen atoms in total. The maximum absolute atomic E-state index is 13.2. The van der Waals surface area contributed by atoms with Crippen LogP contribution in [0.4, 0.5) is 4.39 Å². The Bertz CT molecular complexity index is 389. The van der Waals surface area contributed by atoms with Gasteiger partial charge in [-0.2, -0.15) is 0 Å². The zero-order valence-corrected chi connectivity index (χ0v) is 9.62. The van der Waals surface area contributed by atoms with Gasteiger partial charge in [-0.3, -0.25) is 4.79 Å². The Morgan fingerprint density at radius 1 is 1.47 bits per heavy atom.